The first-order chi connectivity index (χ1) is 15.0. The van der Waals surface area contributed by atoms with Crippen molar-refractivity contribution in [2.24, 2.45) is 9.50 Å². The van der Waals surface area contributed by atoms with Gasteiger partial charge < -0.3 is 0 Å². The van der Waals surface area contributed by atoms with E-state index in [1.807, 2.05) is 42.5 Å². The summed E-state index contributed by atoms with van der Waals surface area (Å²) in [6.45, 7) is 0.476. The lowest BCUT2D eigenvalue weighted by molar-refractivity contribution is 0.484. The van der Waals surface area contributed by atoms with E-state index in [1.165, 1.54) is 36.0 Å². The van der Waals surface area contributed by atoms with Crippen LogP contribution in [0.25, 0.3) is 0 Å². The van der Waals surface area contributed by atoms with Crippen LogP contribution in [-0.4, -0.2) is 42.1 Å². The molecule has 0 spiro atoms. The maximum absolute atomic E-state index is 12.8. The summed E-state index contributed by atoms with van der Waals surface area (Å²) in [5, 5.41) is 7.17. The molecule has 3 aromatic rings. The summed E-state index contributed by atoms with van der Waals surface area (Å²) in [5.41, 5.74) is 2.80. The second kappa shape index (κ2) is 9.21. The third-order valence-corrected chi connectivity index (χ3v) is 7.10. The number of pyridine rings is 1. The van der Waals surface area contributed by atoms with Gasteiger partial charge >= 0.3 is 0 Å². The summed E-state index contributed by atoms with van der Waals surface area (Å²) < 4.78 is 29.8. The zero-order valence-corrected chi connectivity index (χ0v) is 19.0. The Bertz CT molecular complexity index is 1220. The molecule has 0 aliphatic carbocycles. The molecular weight excluding hydrogens is 452 g/mol. The zero-order chi connectivity index (χ0) is 21.8. The average Bonchev–Trinajstić information content (AvgIpc) is 3.24. The Kier molecular flexibility index (Phi) is 6.41. The lowest BCUT2D eigenvalue weighted by Gasteiger charge is -2.17. The Labute approximate surface area is 190 Å². The number of nitrogens with zero attached hydrogens (tertiary/aromatic N) is 4. The van der Waals surface area contributed by atoms with E-state index in [0.29, 0.717) is 16.7 Å². The zero-order valence-electron chi connectivity index (χ0n) is 16.6. The van der Waals surface area contributed by atoms with E-state index in [2.05, 4.69) is 9.38 Å². The molecule has 6 nitrogen and oxygen atoms in total. The lowest BCUT2D eigenvalue weighted by atomic mass is 9.91. The molecule has 158 valence electrons. The van der Waals surface area contributed by atoms with Crippen LogP contribution >= 0.6 is 23.4 Å². The number of thioether (sulfide) groups is 1. The van der Waals surface area contributed by atoms with E-state index >= 15 is 0 Å². The van der Waals surface area contributed by atoms with Crippen molar-refractivity contribution >= 4 is 44.3 Å². The molecular formula is C22H19ClN4O2S2. The number of amidine groups is 1. The van der Waals surface area contributed by atoms with Crippen molar-refractivity contribution < 1.29 is 8.42 Å². The maximum atomic E-state index is 12.8. The van der Waals surface area contributed by atoms with Gasteiger partial charge in [0, 0.05) is 28.9 Å². The molecule has 1 aliphatic rings. The molecule has 1 unspecified atom stereocenters. The van der Waals surface area contributed by atoms with Gasteiger partial charge in [-0.2, -0.15) is 13.5 Å². The molecule has 2 aromatic carbocycles. The van der Waals surface area contributed by atoms with Gasteiger partial charge in [0.05, 0.1) is 17.2 Å². The van der Waals surface area contributed by atoms with Crippen molar-refractivity contribution in [1.82, 2.24) is 9.99 Å². The predicted octanol–water partition coefficient (Wildman–Crippen LogP) is 4.65. The summed E-state index contributed by atoms with van der Waals surface area (Å²) >= 11 is 7.12. The first-order valence-electron chi connectivity index (χ1n) is 9.44. The van der Waals surface area contributed by atoms with E-state index < -0.39 is 10.0 Å². The van der Waals surface area contributed by atoms with Crippen molar-refractivity contribution in [3.05, 3.63) is 95.3 Å². The largest absolute Gasteiger partial charge is 0.284 e. The molecule has 0 fully saturated rings. The summed E-state index contributed by atoms with van der Waals surface area (Å²) in [5.74, 6) is -0.0408. The smallest absolute Gasteiger partial charge is 0.264 e. The molecule has 0 saturated heterocycles. The molecule has 0 radical (unpaired) electrons. The Morgan fingerprint density at radius 1 is 1.10 bits per heavy atom. The van der Waals surface area contributed by atoms with Gasteiger partial charge in [-0.25, -0.2) is 5.01 Å². The minimum absolute atomic E-state index is 0.0408. The molecule has 0 amide bonds. The van der Waals surface area contributed by atoms with E-state index in [-0.39, 0.29) is 10.8 Å². The van der Waals surface area contributed by atoms with Gasteiger partial charge in [-0.05, 0) is 48.2 Å². The summed E-state index contributed by atoms with van der Waals surface area (Å²) in [6.07, 6.45) is 5.26. The van der Waals surface area contributed by atoms with E-state index in [9.17, 15) is 8.42 Å². The van der Waals surface area contributed by atoms with E-state index in [1.54, 1.807) is 23.7 Å². The monoisotopic (exact) mass is 470 g/mol. The fourth-order valence-electron chi connectivity index (χ4n) is 3.29. The van der Waals surface area contributed by atoms with Crippen molar-refractivity contribution in [2.45, 2.75) is 10.8 Å². The minimum atomic E-state index is -3.90. The molecule has 0 N–H and O–H groups in total. The van der Waals surface area contributed by atoms with Gasteiger partial charge in [-0.15, -0.1) is 4.40 Å². The van der Waals surface area contributed by atoms with Crippen LogP contribution in [0.1, 0.15) is 17.0 Å². The third kappa shape index (κ3) is 4.81. The van der Waals surface area contributed by atoms with Gasteiger partial charge in [-0.3, -0.25) is 4.98 Å². The number of hydrazone groups is 1. The molecule has 9 heteroatoms. The van der Waals surface area contributed by atoms with Crippen LogP contribution in [0.4, 0.5) is 0 Å². The van der Waals surface area contributed by atoms with Gasteiger partial charge in [-0.1, -0.05) is 53.7 Å². The van der Waals surface area contributed by atoms with Crippen molar-refractivity contribution in [2.75, 3.05) is 12.8 Å². The quantitative estimate of drug-likeness (QED) is 0.410. The summed E-state index contributed by atoms with van der Waals surface area (Å²) in [7, 11) is -3.90. The molecule has 31 heavy (non-hydrogen) atoms. The van der Waals surface area contributed by atoms with Crippen molar-refractivity contribution in [1.29, 1.82) is 0 Å². The van der Waals surface area contributed by atoms with Crippen molar-refractivity contribution in [3.63, 3.8) is 0 Å². The van der Waals surface area contributed by atoms with E-state index in [0.717, 1.165) is 16.8 Å². The molecule has 0 saturated carbocycles. The molecule has 2 heterocycles. The van der Waals surface area contributed by atoms with Crippen LogP contribution in [0.5, 0.6) is 0 Å². The third-order valence-electron chi connectivity index (χ3n) is 4.79. The van der Waals surface area contributed by atoms with Gasteiger partial charge in [0.2, 0.25) is 0 Å². The van der Waals surface area contributed by atoms with Gasteiger partial charge in [0.15, 0.2) is 5.17 Å². The van der Waals surface area contributed by atoms with E-state index in [4.69, 9.17) is 16.7 Å². The Hall–Kier alpha value is -2.68. The number of rotatable bonds is 4. The normalized spacial score (nSPS) is 17.0. The SMILES string of the molecule is CSC(=NS(=O)(=O)c1ccc(Cl)cc1)N1CC(c2ccccc2)C(c2cccnc2)=N1. The number of benzene rings is 2. The number of halogens is 1. The fraction of sp³-hybridized carbons (Fsp3) is 0.136. The second-order valence-electron chi connectivity index (χ2n) is 6.78. The van der Waals surface area contributed by atoms with Crippen LogP contribution in [-0.2, 0) is 10.0 Å². The Morgan fingerprint density at radius 3 is 2.48 bits per heavy atom. The lowest BCUT2D eigenvalue weighted by Crippen LogP contribution is -2.24. The summed E-state index contributed by atoms with van der Waals surface area (Å²) in [6, 6.07) is 19.8. The highest BCUT2D eigenvalue weighted by atomic mass is 35.5. The molecule has 1 aromatic heterocycles. The molecule has 1 atom stereocenters. The minimum Gasteiger partial charge on any atom is -0.264 e. The van der Waals surface area contributed by atoms with Crippen LogP contribution in [0, 0.1) is 0 Å². The molecule has 0 bridgehead atoms. The highest BCUT2D eigenvalue weighted by molar-refractivity contribution is 8.13. The molecule has 1 aliphatic heterocycles. The first kappa shape index (κ1) is 21.5. The number of hydrogen-bond acceptors (Lipinski definition) is 5. The standard InChI is InChI=1S/C22H19ClN4O2S2/c1-30-22(26-31(28,29)19-11-9-18(23)10-12-19)27-15-20(16-6-3-2-4-7-16)21(25-27)17-8-5-13-24-14-17/h2-14,20H,15H2,1H3. The number of aromatic nitrogens is 1. The summed E-state index contributed by atoms with van der Waals surface area (Å²) in [4.78, 5) is 4.29. The average molecular weight is 471 g/mol. The van der Waals surface area contributed by atoms with Crippen LogP contribution in [0.3, 0.4) is 0 Å². The number of hydrogen-bond donors (Lipinski definition) is 0. The van der Waals surface area contributed by atoms with Crippen molar-refractivity contribution in [3.8, 4) is 0 Å². The Balaban J connectivity index is 1.73. The number of sulfonamides is 1. The fourth-order valence-corrected chi connectivity index (χ4v) is 5.22. The first-order valence-corrected chi connectivity index (χ1v) is 12.5. The van der Waals surface area contributed by atoms with Crippen LogP contribution in [0.15, 0.2) is 93.5 Å². The predicted molar refractivity (Wildman–Crippen MR) is 126 cm³/mol. The second-order valence-corrected chi connectivity index (χ2v) is 9.59. The van der Waals surface area contributed by atoms with Gasteiger partial charge in [0.25, 0.3) is 10.0 Å². The molecule has 4 rings (SSSR count). The maximum Gasteiger partial charge on any atom is 0.284 e. The van der Waals surface area contributed by atoms with Crippen LogP contribution < -0.4 is 0 Å². The van der Waals surface area contributed by atoms with Gasteiger partial charge in [0.1, 0.15) is 0 Å². The topological polar surface area (TPSA) is 75.0 Å². The Morgan fingerprint density at radius 2 is 1.84 bits per heavy atom. The van der Waals surface area contributed by atoms with Crippen LogP contribution in [0.2, 0.25) is 5.02 Å². The highest BCUT2D eigenvalue weighted by Crippen LogP contribution is 2.30. The highest BCUT2D eigenvalue weighted by Gasteiger charge is 2.32.